The largest absolute Gasteiger partial charge is 0.496 e. The second-order valence-corrected chi connectivity index (χ2v) is 2.78. The summed E-state index contributed by atoms with van der Waals surface area (Å²) >= 11 is 0. The van der Waals surface area contributed by atoms with E-state index in [1.807, 2.05) is 18.2 Å². The molecule has 4 heteroatoms. The minimum absolute atomic E-state index is 0. The monoisotopic (exact) mass is 217 g/mol. The van der Waals surface area contributed by atoms with E-state index >= 15 is 0 Å². The van der Waals surface area contributed by atoms with Gasteiger partial charge in [-0.25, -0.2) is 0 Å². The number of benzene rings is 1. The molecule has 2 N–H and O–H groups in total. The van der Waals surface area contributed by atoms with Crippen molar-refractivity contribution < 1.29 is 9.47 Å². The number of methoxy groups -OCH3 is 2. The van der Waals surface area contributed by atoms with E-state index in [1.54, 1.807) is 14.2 Å². The lowest BCUT2D eigenvalue weighted by molar-refractivity contribution is 0.181. The van der Waals surface area contributed by atoms with E-state index in [9.17, 15) is 0 Å². The number of ether oxygens (including phenoxy) is 2. The summed E-state index contributed by atoms with van der Waals surface area (Å²) in [4.78, 5) is 0. The summed E-state index contributed by atoms with van der Waals surface area (Å²) in [7, 11) is 3.31. The van der Waals surface area contributed by atoms with E-state index in [2.05, 4.69) is 0 Å². The average Bonchev–Trinajstić information content (AvgIpc) is 2.18. The van der Waals surface area contributed by atoms with Crippen LogP contribution in [0.4, 0.5) is 0 Å². The predicted molar refractivity (Wildman–Crippen MR) is 58.8 cm³/mol. The van der Waals surface area contributed by atoms with Gasteiger partial charge < -0.3 is 15.2 Å². The van der Waals surface area contributed by atoms with Gasteiger partial charge in [0.05, 0.1) is 13.7 Å². The predicted octanol–water partition coefficient (Wildman–Crippen LogP) is 1.72. The first-order valence-corrected chi connectivity index (χ1v) is 4.16. The van der Waals surface area contributed by atoms with E-state index in [0.717, 1.165) is 16.9 Å². The van der Waals surface area contributed by atoms with Crippen molar-refractivity contribution in [1.82, 2.24) is 0 Å². The van der Waals surface area contributed by atoms with Gasteiger partial charge >= 0.3 is 0 Å². The molecule has 0 radical (unpaired) electrons. The number of hydrogen-bond donors (Lipinski definition) is 1. The molecule has 0 aromatic heterocycles. The molecule has 0 atom stereocenters. The normalized spacial score (nSPS) is 9.36. The van der Waals surface area contributed by atoms with Gasteiger partial charge in [0.1, 0.15) is 5.75 Å². The van der Waals surface area contributed by atoms with Crippen LogP contribution in [0.5, 0.6) is 5.75 Å². The molecule has 0 bridgehead atoms. The van der Waals surface area contributed by atoms with Crippen molar-refractivity contribution in [2.24, 2.45) is 5.73 Å². The molecule has 3 nitrogen and oxygen atoms in total. The quantitative estimate of drug-likeness (QED) is 0.836. The van der Waals surface area contributed by atoms with E-state index in [0.29, 0.717) is 13.2 Å². The Kier molecular flexibility index (Phi) is 6.28. The van der Waals surface area contributed by atoms with E-state index in [1.165, 1.54) is 0 Å². The van der Waals surface area contributed by atoms with Crippen LogP contribution in [0.25, 0.3) is 0 Å². The lowest BCUT2D eigenvalue weighted by atomic mass is 10.1. The van der Waals surface area contributed by atoms with Gasteiger partial charge in [-0.05, 0) is 17.7 Å². The van der Waals surface area contributed by atoms with Gasteiger partial charge in [0, 0.05) is 19.2 Å². The fraction of sp³-hybridized carbons (Fsp3) is 0.400. The van der Waals surface area contributed by atoms with Crippen LogP contribution in [0.2, 0.25) is 0 Å². The first kappa shape index (κ1) is 13.2. The highest BCUT2D eigenvalue weighted by molar-refractivity contribution is 5.85. The third-order valence-corrected chi connectivity index (χ3v) is 1.88. The molecule has 1 rings (SSSR count). The Hall–Kier alpha value is -0.770. The van der Waals surface area contributed by atoms with Crippen LogP contribution in [-0.2, 0) is 17.9 Å². The number of nitrogens with two attached hydrogens (primary N) is 1. The Morgan fingerprint density at radius 2 is 2.00 bits per heavy atom. The van der Waals surface area contributed by atoms with Crippen LogP contribution < -0.4 is 10.5 Å². The maximum atomic E-state index is 5.52. The third-order valence-electron chi connectivity index (χ3n) is 1.88. The maximum Gasteiger partial charge on any atom is 0.124 e. The molecule has 14 heavy (non-hydrogen) atoms. The van der Waals surface area contributed by atoms with Crippen LogP contribution in [-0.4, -0.2) is 14.2 Å². The Morgan fingerprint density at radius 1 is 1.29 bits per heavy atom. The third kappa shape index (κ3) is 3.18. The van der Waals surface area contributed by atoms with Crippen molar-refractivity contribution >= 4 is 12.4 Å². The molecule has 0 unspecified atom stereocenters. The zero-order chi connectivity index (χ0) is 9.68. The van der Waals surface area contributed by atoms with Crippen LogP contribution in [0.3, 0.4) is 0 Å². The second kappa shape index (κ2) is 6.65. The second-order valence-electron chi connectivity index (χ2n) is 2.78. The lowest BCUT2D eigenvalue weighted by Crippen LogP contribution is -2.00. The molecule has 80 valence electrons. The van der Waals surface area contributed by atoms with Crippen molar-refractivity contribution in [3.63, 3.8) is 0 Å². The smallest absolute Gasteiger partial charge is 0.124 e. The van der Waals surface area contributed by atoms with Gasteiger partial charge in [-0.3, -0.25) is 0 Å². The molecular weight excluding hydrogens is 202 g/mol. The van der Waals surface area contributed by atoms with Gasteiger partial charge in [-0.15, -0.1) is 12.4 Å². The molecule has 1 aromatic rings. The lowest BCUT2D eigenvalue weighted by Gasteiger charge is -2.08. The van der Waals surface area contributed by atoms with Crippen molar-refractivity contribution in [3.05, 3.63) is 29.3 Å². The van der Waals surface area contributed by atoms with Gasteiger partial charge in [-0.2, -0.15) is 0 Å². The molecule has 0 saturated carbocycles. The molecule has 0 aliphatic heterocycles. The molecule has 1 aromatic carbocycles. The van der Waals surface area contributed by atoms with Gasteiger partial charge in [-0.1, -0.05) is 6.07 Å². The van der Waals surface area contributed by atoms with Crippen molar-refractivity contribution in [1.29, 1.82) is 0 Å². The Bertz CT molecular complexity index is 279. The van der Waals surface area contributed by atoms with Crippen molar-refractivity contribution in [2.75, 3.05) is 14.2 Å². The fourth-order valence-corrected chi connectivity index (χ4v) is 1.23. The highest BCUT2D eigenvalue weighted by Crippen LogP contribution is 2.20. The highest BCUT2D eigenvalue weighted by atomic mass is 35.5. The molecule has 0 amide bonds. The summed E-state index contributed by atoms with van der Waals surface area (Å²) in [5.41, 5.74) is 7.65. The summed E-state index contributed by atoms with van der Waals surface area (Å²) in [6, 6.07) is 5.87. The van der Waals surface area contributed by atoms with E-state index in [-0.39, 0.29) is 12.4 Å². The molecule has 0 spiro atoms. The minimum Gasteiger partial charge on any atom is -0.496 e. The van der Waals surface area contributed by atoms with Crippen LogP contribution in [0, 0.1) is 0 Å². The van der Waals surface area contributed by atoms with Crippen molar-refractivity contribution in [2.45, 2.75) is 13.2 Å². The molecular formula is C10H16ClNO2. The number of hydrogen-bond acceptors (Lipinski definition) is 3. The zero-order valence-corrected chi connectivity index (χ0v) is 9.26. The summed E-state index contributed by atoms with van der Waals surface area (Å²) in [5, 5.41) is 0. The van der Waals surface area contributed by atoms with Crippen LogP contribution in [0.1, 0.15) is 11.1 Å². The van der Waals surface area contributed by atoms with Gasteiger partial charge in [0.25, 0.3) is 0 Å². The topological polar surface area (TPSA) is 44.5 Å². The zero-order valence-electron chi connectivity index (χ0n) is 8.45. The Labute approximate surface area is 90.6 Å². The maximum absolute atomic E-state index is 5.52. The molecule has 0 saturated heterocycles. The average molecular weight is 218 g/mol. The van der Waals surface area contributed by atoms with Crippen molar-refractivity contribution in [3.8, 4) is 5.75 Å². The fourth-order valence-electron chi connectivity index (χ4n) is 1.23. The molecule has 0 aliphatic carbocycles. The summed E-state index contributed by atoms with van der Waals surface area (Å²) in [6.07, 6.45) is 0. The standard InChI is InChI=1S/C10H15NO2.ClH/c1-12-7-9-5-8(6-11)3-4-10(9)13-2;/h3-5H,6-7,11H2,1-2H3;1H. The Balaban J connectivity index is 0.00000169. The molecule has 0 aliphatic rings. The van der Waals surface area contributed by atoms with E-state index in [4.69, 9.17) is 15.2 Å². The van der Waals surface area contributed by atoms with Crippen LogP contribution in [0.15, 0.2) is 18.2 Å². The minimum atomic E-state index is 0. The Morgan fingerprint density at radius 3 is 2.50 bits per heavy atom. The van der Waals surface area contributed by atoms with Crippen LogP contribution >= 0.6 is 12.4 Å². The molecule has 0 heterocycles. The summed E-state index contributed by atoms with van der Waals surface area (Å²) < 4.78 is 10.2. The SMILES string of the molecule is COCc1cc(CN)ccc1OC.Cl. The first-order valence-electron chi connectivity index (χ1n) is 4.16. The summed E-state index contributed by atoms with van der Waals surface area (Å²) in [5.74, 6) is 0.846. The van der Waals surface area contributed by atoms with E-state index < -0.39 is 0 Å². The summed E-state index contributed by atoms with van der Waals surface area (Å²) in [6.45, 7) is 1.09. The first-order chi connectivity index (χ1) is 6.31. The van der Waals surface area contributed by atoms with Gasteiger partial charge in [0.2, 0.25) is 0 Å². The molecule has 0 fully saturated rings. The highest BCUT2D eigenvalue weighted by Gasteiger charge is 2.02. The van der Waals surface area contributed by atoms with Gasteiger partial charge in [0.15, 0.2) is 0 Å². The number of halogens is 1. The number of rotatable bonds is 4.